The minimum absolute atomic E-state index is 0.716. The van der Waals surface area contributed by atoms with Crippen LogP contribution in [0.1, 0.15) is 30.5 Å². The molecule has 3 rings (SSSR count). The van der Waals surface area contributed by atoms with E-state index in [0.29, 0.717) is 5.56 Å². The molecule has 0 fully saturated rings. The van der Waals surface area contributed by atoms with Crippen LogP contribution in [0, 0.1) is 18.3 Å². The zero-order valence-corrected chi connectivity index (χ0v) is 12.8. The first-order valence-corrected chi connectivity index (χ1v) is 7.31. The lowest BCUT2D eigenvalue weighted by atomic mass is 10.1. The summed E-state index contributed by atoms with van der Waals surface area (Å²) >= 11 is 0. The highest BCUT2D eigenvalue weighted by molar-refractivity contribution is 5.85. The average Bonchev–Trinajstić information content (AvgIpc) is 2.86. The standard InChI is InChI=1S/C17H14N2.C2H6/c1-13-11-19(12-14-5-3-2-4-6-14)17-8-7-15(10-18)9-16(13)17;1-2/h2-9,11H,12H2,1H3;1-2H3. The monoisotopic (exact) mass is 276 g/mol. The van der Waals surface area contributed by atoms with Crippen LogP contribution >= 0.6 is 0 Å². The minimum Gasteiger partial charge on any atom is -0.343 e. The number of hydrogen-bond donors (Lipinski definition) is 0. The van der Waals surface area contributed by atoms with E-state index in [1.54, 1.807) is 0 Å². The molecule has 0 amide bonds. The third kappa shape index (κ3) is 3.14. The summed E-state index contributed by atoms with van der Waals surface area (Å²) < 4.78 is 2.24. The molecule has 0 unspecified atom stereocenters. The van der Waals surface area contributed by atoms with Crippen molar-refractivity contribution in [2.24, 2.45) is 0 Å². The Kier molecular flexibility index (Phi) is 4.79. The minimum atomic E-state index is 0.716. The van der Waals surface area contributed by atoms with Crippen LogP contribution < -0.4 is 0 Å². The van der Waals surface area contributed by atoms with Gasteiger partial charge in [0.25, 0.3) is 0 Å². The van der Waals surface area contributed by atoms with Crippen molar-refractivity contribution < 1.29 is 0 Å². The van der Waals surface area contributed by atoms with E-state index in [1.165, 1.54) is 16.6 Å². The molecule has 2 nitrogen and oxygen atoms in total. The molecule has 0 bridgehead atoms. The molecule has 0 aliphatic rings. The third-order valence-electron chi connectivity index (χ3n) is 3.41. The molecule has 0 saturated carbocycles. The molecule has 2 heteroatoms. The molecule has 0 spiro atoms. The summed E-state index contributed by atoms with van der Waals surface area (Å²) in [6, 6.07) is 18.5. The smallest absolute Gasteiger partial charge is 0.0991 e. The molecule has 0 aliphatic heterocycles. The third-order valence-corrected chi connectivity index (χ3v) is 3.41. The fraction of sp³-hybridized carbons (Fsp3) is 0.211. The lowest BCUT2D eigenvalue weighted by Gasteiger charge is -2.05. The van der Waals surface area contributed by atoms with E-state index in [9.17, 15) is 0 Å². The van der Waals surface area contributed by atoms with Gasteiger partial charge in [0.15, 0.2) is 0 Å². The van der Waals surface area contributed by atoms with Crippen LogP contribution in [0.2, 0.25) is 0 Å². The Morgan fingerprint density at radius 3 is 2.43 bits per heavy atom. The van der Waals surface area contributed by atoms with E-state index in [1.807, 2.05) is 38.1 Å². The molecule has 1 aromatic heterocycles. The number of aromatic nitrogens is 1. The first-order chi connectivity index (χ1) is 10.3. The maximum Gasteiger partial charge on any atom is 0.0991 e. The number of benzene rings is 2. The van der Waals surface area contributed by atoms with Crippen LogP contribution in [0.25, 0.3) is 10.9 Å². The van der Waals surface area contributed by atoms with E-state index in [2.05, 4.69) is 48.0 Å². The van der Waals surface area contributed by atoms with Crippen LogP contribution in [0.5, 0.6) is 0 Å². The van der Waals surface area contributed by atoms with Gasteiger partial charge < -0.3 is 4.57 Å². The number of aryl methyl sites for hydroxylation is 1. The summed E-state index contributed by atoms with van der Waals surface area (Å²) in [7, 11) is 0. The van der Waals surface area contributed by atoms with Gasteiger partial charge in [0, 0.05) is 23.6 Å². The normalized spacial score (nSPS) is 9.81. The summed E-state index contributed by atoms with van der Waals surface area (Å²) in [5, 5.41) is 10.1. The molecular formula is C19H20N2. The first kappa shape index (κ1) is 14.9. The molecule has 0 radical (unpaired) electrons. The second kappa shape index (κ2) is 6.76. The predicted molar refractivity (Wildman–Crippen MR) is 88.3 cm³/mol. The molecule has 106 valence electrons. The second-order valence-corrected chi connectivity index (χ2v) is 4.77. The number of nitriles is 1. The van der Waals surface area contributed by atoms with Crippen molar-refractivity contribution in [1.82, 2.24) is 4.57 Å². The van der Waals surface area contributed by atoms with Gasteiger partial charge in [-0.25, -0.2) is 0 Å². The Morgan fingerprint density at radius 1 is 1.05 bits per heavy atom. The molecule has 2 aromatic carbocycles. The van der Waals surface area contributed by atoms with Gasteiger partial charge in [0.2, 0.25) is 0 Å². The van der Waals surface area contributed by atoms with E-state index in [4.69, 9.17) is 5.26 Å². The number of nitrogens with zero attached hydrogens (tertiary/aromatic N) is 2. The Labute approximate surface area is 126 Å². The number of fused-ring (bicyclic) bond motifs is 1. The Morgan fingerprint density at radius 2 is 1.76 bits per heavy atom. The maximum absolute atomic E-state index is 8.97. The topological polar surface area (TPSA) is 28.7 Å². The number of rotatable bonds is 2. The van der Waals surface area contributed by atoms with Crippen molar-refractivity contribution in [3.63, 3.8) is 0 Å². The van der Waals surface area contributed by atoms with Gasteiger partial charge in [0.05, 0.1) is 11.6 Å². The first-order valence-electron chi connectivity index (χ1n) is 7.31. The van der Waals surface area contributed by atoms with E-state index < -0.39 is 0 Å². The summed E-state index contributed by atoms with van der Waals surface area (Å²) in [4.78, 5) is 0. The van der Waals surface area contributed by atoms with Gasteiger partial charge in [-0.1, -0.05) is 44.2 Å². The van der Waals surface area contributed by atoms with Crippen molar-refractivity contribution in [1.29, 1.82) is 5.26 Å². The van der Waals surface area contributed by atoms with Gasteiger partial charge in [-0.2, -0.15) is 5.26 Å². The molecule has 1 heterocycles. The van der Waals surface area contributed by atoms with E-state index >= 15 is 0 Å². The highest BCUT2D eigenvalue weighted by Gasteiger charge is 2.06. The summed E-state index contributed by atoms with van der Waals surface area (Å²) in [6.45, 7) is 6.95. The summed E-state index contributed by atoms with van der Waals surface area (Å²) in [6.07, 6.45) is 2.15. The zero-order chi connectivity index (χ0) is 15.2. The fourth-order valence-electron chi connectivity index (χ4n) is 2.46. The number of hydrogen-bond acceptors (Lipinski definition) is 1. The van der Waals surface area contributed by atoms with E-state index in [-0.39, 0.29) is 0 Å². The Hall–Kier alpha value is -2.53. The van der Waals surface area contributed by atoms with Crippen LogP contribution in [-0.4, -0.2) is 4.57 Å². The average molecular weight is 276 g/mol. The van der Waals surface area contributed by atoms with Crippen molar-refractivity contribution in [2.75, 3.05) is 0 Å². The fourth-order valence-corrected chi connectivity index (χ4v) is 2.46. The molecule has 0 atom stereocenters. The van der Waals surface area contributed by atoms with E-state index in [0.717, 1.165) is 11.9 Å². The van der Waals surface area contributed by atoms with Crippen molar-refractivity contribution in [3.05, 3.63) is 71.4 Å². The molecule has 3 aromatic rings. The molecular weight excluding hydrogens is 256 g/mol. The lowest BCUT2D eigenvalue weighted by molar-refractivity contribution is 0.834. The second-order valence-electron chi connectivity index (χ2n) is 4.77. The molecule has 0 N–H and O–H groups in total. The molecule has 0 saturated heterocycles. The van der Waals surface area contributed by atoms with Crippen LogP contribution in [-0.2, 0) is 6.54 Å². The summed E-state index contributed by atoms with van der Waals surface area (Å²) in [5.74, 6) is 0. The summed E-state index contributed by atoms with van der Waals surface area (Å²) in [5.41, 5.74) is 4.39. The van der Waals surface area contributed by atoms with Gasteiger partial charge in [-0.15, -0.1) is 0 Å². The maximum atomic E-state index is 8.97. The van der Waals surface area contributed by atoms with Crippen LogP contribution in [0.15, 0.2) is 54.7 Å². The highest BCUT2D eigenvalue weighted by atomic mass is 15.0. The molecule has 0 aliphatic carbocycles. The van der Waals surface area contributed by atoms with Gasteiger partial charge in [-0.05, 0) is 36.2 Å². The predicted octanol–water partition coefficient (Wildman–Crippen LogP) is 4.90. The van der Waals surface area contributed by atoms with Crippen molar-refractivity contribution >= 4 is 10.9 Å². The lowest BCUT2D eigenvalue weighted by Crippen LogP contribution is -1.97. The van der Waals surface area contributed by atoms with Gasteiger partial charge >= 0.3 is 0 Å². The Balaban J connectivity index is 0.000000774. The zero-order valence-electron chi connectivity index (χ0n) is 12.8. The molecule has 21 heavy (non-hydrogen) atoms. The SMILES string of the molecule is CC.Cc1cn(Cc2ccccc2)c2ccc(C#N)cc12. The van der Waals surface area contributed by atoms with Gasteiger partial charge in [0.1, 0.15) is 0 Å². The largest absolute Gasteiger partial charge is 0.343 e. The Bertz CT molecular complexity index is 761. The van der Waals surface area contributed by atoms with Gasteiger partial charge in [-0.3, -0.25) is 0 Å². The quantitative estimate of drug-likeness (QED) is 0.654. The van der Waals surface area contributed by atoms with Crippen LogP contribution in [0.4, 0.5) is 0 Å². The van der Waals surface area contributed by atoms with Crippen molar-refractivity contribution in [2.45, 2.75) is 27.3 Å². The van der Waals surface area contributed by atoms with Crippen LogP contribution in [0.3, 0.4) is 0 Å². The van der Waals surface area contributed by atoms with Crippen molar-refractivity contribution in [3.8, 4) is 6.07 Å². The highest BCUT2D eigenvalue weighted by Crippen LogP contribution is 2.23.